The van der Waals surface area contributed by atoms with Gasteiger partial charge in [-0.15, -0.1) is 11.6 Å². The van der Waals surface area contributed by atoms with Crippen LogP contribution in [0.5, 0.6) is 0 Å². The standard InChI is InChI=1S/C5H7ClO4/c1-10-5(9)3(6)2-4(7)8/h3H,2H2,1H3,(H,7,8)/p-1. The molecule has 0 rings (SSSR count). The summed E-state index contributed by atoms with van der Waals surface area (Å²) >= 11 is 5.23. The van der Waals surface area contributed by atoms with Crippen molar-refractivity contribution < 1.29 is 19.4 Å². The van der Waals surface area contributed by atoms with Crippen molar-refractivity contribution in [2.75, 3.05) is 7.11 Å². The van der Waals surface area contributed by atoms with Crippen molar-refractivity contribution in [2.45, 2.75) is 11.8 Å². The van der Waals surface area contributed by atoms with Crippen molar-refractivity contribution in [3.8, 4) is 0 Å². The first-order valence-corrected chi connectivity index (χ1v) is 2.93. The monoisotopic (exact) mass is 165 g/mol. The number of carbonyl (C=O) groups excluding carboxylic acids is 2. The fourth-order valence-electron chi connectivity index (χ4n) is 0.358. The molecule has 5 heteroatoms. The van der Waals surface area contributed by atoms with Gasteiger partial charge in [0.25, 0.3) is 0 Å². The van der Waals surface area contributed by atoms with Crippen molar-refractivity contribution in [3.05, 3.63) is 0 Å². The molecule has 0 saturated carbocycles. The molecule has 0 radical (unpaired) electrons. The molecule has 0 spiro atoms. The first-order valence-electron chi connectivity index (χ1n) is 2.49. The Balaban J connectivity index is 3.72. The number of alkyl halides is 1. The minimum atomic E-state index is -1.37. The first-order chi connectivity index (χ1) is 4.57. The molecule has 4 nitrogen and oxygen atoms in total. The molecule has 0 aliphatic rings. The minimum Gasteiger partial charge on any atom is -0.550 e. The zero-order valence-electron chi connectivity index (χ0n) is 5.30. The molecule has 1 unspecified atom stereocenters. The van der Waals surface area contributed by atoms with Gasteiger partial charge in [0.1, 0.15) is 5.38 Å². The van der Waals surface area contributed by atoms with E-state index in [1.165, 1.54) is 0 Å². The van der Waals surface area contributed by atoms with Gasteiger partial charge in [-0.05, 0) is 0 Å². The largest absolute Gasteiger partial charge is 0.550 e. The van der Waals surface area contributed by atoms with E-state index < -0.39 is 23.7 Å². The maximum Gasteiger partial charge on any atom is 0.324 e. The molecule has 0 aliphatic carbocycles. The third-order valence-electron chi connectivity index (χ3n) is 0.803. The van der Waals surface area contributed by atoms with Crippen LogP contribution in [-0.4, -0.2) is 24.4 Å². The minimum absolute atomic E-state index is 0.520. The van der Waals surface area contributed by atoms with E-state index in [0.717, 1.165) is 7.11 Å². The van der Waals surface area contributed by atoms with E-state index in [1.807, 2.05) is 0 Å². The molecule has 0 fully saturated rings. The summed E-state index contributed by atoms with van der Waals surface area (Å²) in [5, 5.41) is 8.68. The van der Waals surface area contributed by atoms with Gasteiger partial charge < -0.3 is 14.6 Å². The maximum atomic E-state index is 10.4. The van der Waals surface area contributed by atoms with Gasteiger partial charge in [0.2, 0.25) is 0 Å². The molecule has 0 aromatic carbocycles. The highest BCUT2D eigenvalue weighted by Gasteiger charge is 2.14. The van der Waals surface area contributed by atoms with Gasteiger partial charge in [-0.2, -0.15) is 0 Å². The Bertz CT molecular complexity index is 145. The highest BCUT2D eigenvalue weighted by atomic mass is 35.5. The molecule has 1 atom stereocenters. The lowest BCUT2D eigenvalue weighted by atomic mass is 10.3. The van der Waals surface area contributed by atoms with Gasteiger partial charge in [-0.1, -0.05) is 0 Å². The zero-order chi connectivity index (χ0) is 8.15. The normalized spacial score (nSPS) is 12.2. The number of hydrogen-bond acceptors (Lipinski definition) is 4. The molecule has 0 N–H and O–H groups in total. The average molecular weight is 166 g/mol. The smallest absolute Gasteiger partial charge is 0.324 e. The summed E-state index contributed by atoms with van der Waals surface area (Å²) in [5.74, 6) is -2.13. The predicted octanol–water partition coefficient (Wildman–Crippen LogP) is -1.09. The van der Waals surface area contributed by atoms with E-state index in [-0.39, 0.29) is 0 Å². The van der Waals surface area contributed by atoms with Gasteiger partial charge in [-0.25, -0.2) is 0 Å². The van der Waals surface area contributed by atoms with Crippen molar-refractivity contribution in [3.63, 3.8) is 0 Å². The quantitative estimate of drug-likeness (QED) is 0.394. The van der Waals surface area contributed by atoms with Crippen molar-refractivity contribution in [1.29, 1.82) is 0 Å². The number of halogens is 1. The second kappa shape index (κ2) is 4.11. The molecule has 0 aromatic heterocycles. The van der Waals surface area contributed by atoms with Crippen LogP contribution >= 0.6 is 11.6 Å². The van der Waals surface area contributed by atoms with Gasteiger partial charge >= 0.3 is 5.97 Å². The number of rotatable bonds is 3. The van der Waals surface area contributed by atoms with Gasteiger partial charge in [-0.3, -0.25) is 4.79 Å². The number of ether oxygens (including phenoxy) is 1. The Morgan fingerprint density at radius 3 is 2.50 bits per heavy atom. The maximum absolute atomic E-state index is 10.4. The van der Waals surface area contributed by atoms with Crippen LogP contribution in [0.3, 0.4) is 0 Å². The van der Waals surface area contributed by atoms with Crippen LogP contribution in [0.25, 0.3) is 0 Å². The molecule has 0 amide bonds. The summed E-state index contributed by atoms with van der Waals surface area (Å²) in [4.78, 5) is 20.2. The Kier molecular flexibility index (Phi) is 3.79. The Morgan fingerprint density at radius 2 is 2.20 bits per heavy atom. The van der Waals surface area contributed by atoms with E-state index in [1.54, 1.807) is 0 Å². The molecule has 0 aliphatic heterocycles. The SMILES string of the molecule is COC(=O)C(Cl)CC(=O)[O-]. The van der Waals surface area contributed by atoms with E-state index in [2.05, 4.69) is 4.74 Å². The van der Waals surface area contributed by atoms with E-state index in [9.17, 15) is 14.7 Å². The van der Waals surface area contributed by atoms with Crippen molar-refractivity contribution in [2.24, 2.45) is 0 Å². The number of hydrogen-bond donors (Lipinski definition) is 0. The number of esters is 1. The third-order valence-corrected chi connectivity index (χ3v) is 1.14. The predicted molar refractivity (Wildman–Crippen MR) is 31.3 cm³/mol. The van der Waals surface area contributed by atoms with Crippen LogP contribution < -0.4 is 5.11 Å². The fourth-order valence-corrected chi connectivity index (χ4v) is 0.573. The Labute approximate surface area is 62.7 Å². The Hall–Kier alpha value is -0.770. The summed E-state index contributed by atoms with van der Waals surface area (Å²) in [5.41, 5.74) is 0. The molecule has 0 bridgehead atoms. The van der Waals surface area contributed by atoms with Gasteiger partial charge in [0.15, 0.2) is 0 Å². The highest BCUT2D eigenvalue weighted by molar-refractivity contribution is 6.30. The second-order valence-corrected chi connectivity index (χ2v) is 2.09. The number of carbonyl (C=O) groups is 2. The third kappa shape index (κ3) is 3.29. The number of aliphatic carboxylic acids is 1. The molecule has 0 saturated heterocycles. The lowest BCUT2D eigenvalue weighted by Crippen LogP contribution is -2.29. The van der Waals surface area contributed by atoms with Crippen LogP contribution in [0.4, 0.5) is 0 Å². The van der Waals surface area contributed by atoms with Crippen LogP contribution in [0.2, 0.25) is 0 Å². The first kappa shape index (κ1) is 9.23. The summed E-state index contributed by atoms with van der Waals surface area (Å²) < 4.78 is 4.15. The molecule has 0 heterocycles. The summed E-state index contributed by atoms with van der Waals surface area (Å²) in [6.07, 6.45) is -0.520. The fraction of sp³-hybridized carbons (Fsp3) is 0.600. The van der Waals surface area contributed by atoms with Crippen LogP contribution in [-0.2, 0) is 14.3 Å². The number of carboxylic acid groups (broad SMARTS) is 1. The highest BCUT2D eigenvalue weighted by Crippen LogP contribution is 2.02. The van der Waals surface area contributed by atoms with Gasteiger partial charge in [0.05, 0.1) is 7.11 Å². The topological polar surface area (TPSA) is 66.4 Å². The second-order valence-electron chi connectivity index (χ2n) is 1.57. The van der Waals surface area contributed by atoms with Gasteiger partial charge in [0, 0.05) is 12.4 Å². The lowest BCUT2D eigenvalue weighted by Gasteiger charge is -2.06. The average Bonchev–Trinajstić information content (AvgIpc) is 1.85. The van der Waals surface area contributed by atoms with Crippen LogP contribution in [0.1, 0.15) is 6.42 Å². The van der Waals surface area contributed by atoms with Crippen LogP contribution in [0, 0.1) is 0 Å². The molecule has 58 valence electrons. The zero-order valence-corrected chi connectivity index (χ0v) is 6.05. The number of methoxy groups -OCH3 is 1. The molecular formula is C5H6ClO4-. The molecule has 0 aromatic rings. The van der Waals surface area contributed by atoms with E-state index >= 15 is 0 Å². The summed E-state index contributed by atoms with van der Waals surface area (Å²) in [7, 11) is 1.13. The summed E-state index contributed by atoms with van der Waals surface area (Å²) in [6.45, 7) is 0. The number of carboxylic acids is 1. The van der Waals surface area contributed by atoms with E-state index in [4.69, 9.17) is 11.6 Å². The van der Waals surface area contributed by atoms with Crippen molar-refractivity contribution >= 4 is 23.5 Å². The molecule has 10 heavy (non-hydrogen) atoms. The van der Waals surface area contributed by atoms with Crippen LogP contribution in [0.15, 0.2) is 0 Å². The van der Waals surface area contributed by atoms with Crippen molar-refractivity contribution in [1.82, 2.24) is 0 Å². The Morgan fingerprint density at radius 1 is 1.70 bits per heavy atom. The summed E-state index contributed by atoms with van der Waals surface area (Å²) in [6, 6.07) is 0. The van der Waals surface area contributed by atoms with E-state index in [0.29, 0.717) is 0 Å². The molecular weight excluding hydrogens is 160 g/mol. The lowest BCUT2D eigenvalue weighted by molar-refractivity contribution is -0.305.